The normalized spacial score (nSPS) is 14.7. The predicted octanol–water partition coefficient (Wildman–Crippen LogP) is 5.12. The van der Waals surface area contributed by atoms with Crippen LogP contribution in [-0.4, -0.2) is 52.7 Å². The van der Waals surface area contributed by atoms with Gasteiger partial charge >= 0.3 is 5.97 Å². The van der Waals surface area contributed by atoms with Crippen LogP contribution >= 0.6 is 0 Å². The number of hydrogen-bond acceptors (Lipinski definition) is 6. The third-order valence-electron chi connectivity index (χ3n) is 7.24. The lowest BCUT2D eigenvalue weighted by Gasteiger charge is -2.32. The summed E-state index contributed by atoms with van der Waals surface area (Å²) in [4.78, 5) is 23.0. The number of aryl methyl sites for hydroxylation is 1. The fourth-order valence-corrected chi connectivity index (χ4v) is 5.19. The molecule has 0 spiro atoms. The van der Waals surface area contributed by atoms with Gasteiger partial charge < -0.3 is 14.6 Å². The van der Waals surface area contributed by atoms with E-state index in [1.807, 2.05) is 44.7 Å². The molecule has 3 aromatic heterocycles. The molecule has 0 atom stereocenters. The highest BCUT2D eigenvalue weighted by Gasteiger charge is 2.27. The van der Waals surface area contributed by atoms with Gasteiger partial charge in [-0.15, -0.1) is 0 Å². The quantitative estimate of drug-likeness (QED) is 0.367. The Hall–Kier alpha value is -3.85. The van der Waals surface area contributed by atoms with Crippen LogP contribution in [0.2, 0.25) is 0 Å². The molecule has 9 heteroatoms. The Labute approximate surface area is 214 Å². The Morgan fingerprint density at radius 2 is 1.84 bits per heavy atom. The van der Waals surface area contributed by atoms with Gasteiger partial charge in [0, 0.05) is 55.2 Å². The second-order valence-corrected chi connectivity index (χ2v) is 9.37. The van der Waals surface area contributed by atoms with Crippen LogP contribution < -0.4 is 5.32 Å². The molecule has 1 aromatic carbocycles. The molecule has 1 fully saturated rings. The number of anilines is 1. The molecule has 5 rings (SSSR count). The number of nitrogens with zero attached hydrogens (tertiary/aromatic N) is 4. The number of aromatic nitrogens is 3. The lowest BCUT2D eigenvalue weighted by molar-refractivity contribution is 0.0599. The molecule has 1 aliphatic heterocycles. The van der Waals surface area contributed by atoms with Crippen LogP contribution in [0.1, 0.15) is 40.4 Å². The first-order chi connectivity index (χ1) is 17.9. The van der Waals surface area contributed by atoms with Gasteiger partial charge in [-0.05, 0) is 73.8 Å². The molecule has 0 bridgehead atoms. The third kappa shape index (κ3) is 4.79. The molecule has 1 N–H and O–H groups in total. The second kappa shape index (κ2) is 10.3. The molecule has 7 nitrogen and oxygen atoms in total. The average molecular weight is 506 g/mol. The van der Waals surface area contributed by atoms with Gasteiger partial charge in [-0.1, -0.05) is 0 Å². The highest BCUT2D eigenvalue weighted by Crippen LogP contribution is 2.34. The number of pyridine rings is 2. The van der Waals surface area contributed by atoms with Crippen LogP contribution in [0.25, 0.3) is 22.2 Å². The Morgan fingerprint density at radius 1 is 1.11 bits per heavy atom. The van der Waals surface area contributed by atoms with Gasteiger partial charge in [0.1, 0.15) is 23.1 Å². The molecule has 0 unspecified atom stereocenters. The maximum Gasteiger partial charge on any atom is 0.338 e. The van der Waals surface area contributed by atoms with E-state index in [0.717, 1.165) is 45.8 Å². The number of rotatable bonds is 6. The predicted molar refractivity (Wildman–Crippen MR) is 138 cm³/mol. The van der Waals surface area contributed by atoms with E-state index >= 15 is 0 Å². The SMILES string of the molecule is CNc1ccc(-c2ccnc3c2cc(CN2CCC(c4c(F)cc(C(=O)OC)cc4F)CC2)n3C)cn1. The molecule has 4 heterocycles. The second-order valence-electron chi connectivity index (χ2n) is 9.37. The number of carbonyl (C=O) groups excluding carboxylic acids is 1. The summed E-state index contributed by atoms with van der Waals surface area (Å²) in [6.07, 6.45) is 4.92. The monoisotopic (exact) mass is 505 g/mol. The zero-order valence-corrected chi connectivity index (χ0v) is 21.1. The largest absolute Gasteiger partial charge is 0.465 e. The fraction of sp³-hybridized carbons (Fsp3) is 0.321. The van der Waals surface area contributed by atoms with Gasteiger partial charge in [0.05, 0.1) is 12.7 Å². The molecular weight excluding hydrogens is 476 g/mol. The van der Waals surface area contributed by atoms with E-state index in [-0.39, 0.29) is 17.0 Å². The molecule has 1 aliphatic rings. The van der Waals surface area contributed by atoms with Gasteiger partial charge in [-0.25, -0.2) is 23.5 Å². The van der Waals surface area contributed by atoms with E-state index in [0.29, 0.717) is 32.5 Å². The number of piperidine rings is 1. The first-order valence-electron chi connectivity index (χ1n) is 12.3. The van der Waals surface area contributed by atoms with Crippen LogP contribution in [0.5, 0.6) is 0 Å². The van der Waals surface area contributed by atoms with Gasteiger partial charge in [-0.3, -0.25) is 4.90 Å². The number of hydrogen-bond donors (Lipinski definition) is 1. The zero-order valence-electron chi connectivity index (χ0n) is 21.1. The third-order valence-corrected chi connectivity index (χ3v) is 7.24. The number of carbonyl (C=O) groups is 1. The van der Waals surface area contributed by atoms with E-state index < -0.39 is 17.6 Å². The highest BCUT2D eigenvalue weighted by atomic mass is 19.1. The summed E-state index contributed by atoms with van der Waals surface area (Å²) in [6.45, 7) is 2.13. The van der Waals surface area contributed by atoms with E-state index in [2.05, 4.69) is 35.6 Å². The van der Waals surface area contributed by atoms with E-state index in [4.69, 9.17) is 0 Å². The minimum absolute atomic E-state index is 0.0589. The Bertz CT molecular complexity index is 1420. The van der Waals surface area contributed by atoms with Crippen molar-refractivity contribution in [2.24, 2.45) is 7.05 Å². The van der Waals surface area contributed by atoms with Gasteiger partial charge in [0.2, 0.25) is 0 Å². The molecule has 0 aliphatic carbocycles. The molecule has 0 amide bonds. The molecule has 0 radical (unpaired) electrons. The van der Waals surface area contributed by atoms with Crippen LogP contribution in [0.4, 0.5) is 14.6 Å². The van der Waals surface area contributed by atoms with Crippen molar-refractivity contribution in [3.05, 3.63) is 77.2 Å². The number of nitrogens with one attached hydrogen (secondary N) is 1. The van der Waals surface area contributed by atoms with Gasteiger partial charge in [0.15, 0.2) is 0 Å². The number of methoxy groups -OCH3 is 1. The minimum atomic E-state index is -0.752. The number of esters is 1. The summed E-state index contributed by atoms with van der Waals surface area (Å²) in [5.74, 6) is -1.56. The van der Waals surface area contributed by atoms with Crippen LogP contribution in [0, 0.1) is 11.6 Å². The lowest BCUT2D eigenvalue weighted by atomic mass is 9.88. The van der Waals surface area contributed by atoms with Crippen molar-refractivity contribution in [2.45, 2.75) is 25.3 Å². The van der Waals surface area contributed by atoms with E-state index in [9.17, 15) is 13.6 Å². The molecule has 4 aromatic rings. The Kier molecular flexibility index (Phi) is 6.88. The lowest BCUT2D eigenvalue weighted by Crippen LogP contribution is -2.33. The maximum atomic E-state index is 14.7. The number of likely N-dealkylation sites (tertiary alicyclic amines) is 1. The highest BCUT2D eigenvalue weighted by molar-refractivity contribution is 5.94. The van der Waals surface area contributed by atoms with Crippen molar-refractivity contribution in [2.75, 3.05) is 32.6 Å². The molecular formula is C28H29F2N5O2. The first kappa shape index (κ1) is 24.8. The maximum absolute atomic E-state index is 14.7. The smallest absolute Gasteiger partial charge is 0.338 e. The summed E-state index contributed by atoms with van der Waals surface area (Å²) in [5, 5.41) is 4.10. The number of halogens is 2. The van der Waals surface area contributed by atoms with Crippen molar-refractivity contribution in [1.82, 2.24) is 19.4 Å². The topological polar surface area (TPSA) is 72.3 Å². The summed E-state index contributed by atoms with van der Waals surface area (Å²) in [7, 11) is 5.04. The van der Waals surface area contributed by atoms with Crippen LogP contribution in [-0.2, 0) is 18.3 Å². The number of fused-ring (bicyclic) bond motifs is 1. The summed E-state index contributed by atoms with van der Waals surface area (Å²) in [5.41, 5.74) is 4.05. The van der Waals surface area contributed by atoms with Gasteiger partial charge in [0.25, 0.3) is 0 Å². The molecule has 1 saturated heterocycles. The average Bonchev–Trinajstić information content (AvgIpc) is 3.23. The number of benzene rings is 1. The van der Waals surface area contributed by atoms with Crippen molar-refractivity contribution in [3.8, 4) is 11.1 Å². The van der Waals surface area contributed by atoms with E-state index in [1.54, 1.807) is 0 Å². The van der Waals surface area contributed by atoms with Crippen molar-refractivity contribution in [1.29, 1.82) is 0 Å². The molecule has 0 saturated carbocycles. The summed E-state index contributed by atoms with van der Waals surface area (Å²) >= 11 is 0. The molecule has 37 heavy (non-hydrogen) atoms. The standard InChI is InChI=1S/C28H29F2N5O2/c1-31-25-5-4-18(15-33-25)21-6-9-32-27-22(21)14-20(34(27)2)16-35-10-7-17(8-11-35)26-23(29)12-19(13-24(26)30)28(36)37-3/h4-6,9,12-15,17H,7-8,10-11,16H2,1-3H3,(H,31,33). The molecule has 192 valence electrons. The zero-order chi connectivity index (χ0) is 26.1. The Balaban J connectivity index is 1.32. The summed E-state index contributed by atoms with van der Waals surface area (Å²) in [6, 6.07) is 10.3. The van der Waals surface area contributed by atoms with E-state index in [1.165, 1.54) is 7.11 Å². The summed E-state index contributed by atoms with van der Waals surface area (Å²) < 4.78 is 36.2. The van der Waals surface area contributed by atoms with Crippen molar-refractivity contribution in [3.63, 3.8) is 0 Å². The number of ether oxygens (including phenoxy) is 1. The fourth-order valence-electron chi connectivity index (χ4n) is 5.19. The first-order valence-corrected chi connectivity index (χ1v) is 12.3. The van der Waals surface area contributed by atoms with Crippen molar-refractivity contribution < 1.29 is 18.3 Å². The van der Waals surface area contributed by atoms with Gasteiger partial charge in [-0.2, -0.15) is 0 Å². The minimum Gasteiger partial charge on any atom is -0.465 e. The van der Waals surface area contributed by atoms with Crippen LogP contribution in [0.15, 0.2) is 48.8 Å². The Morgan fingerprint density at radius 3 is 2.46 bits per heavy atom. The van der Waals surface area contributed by atoms with Crippen LogP contribution in [0.3, 0.4) is 0 Å². The van der Waals surface area contributed by atoms with Crippen molar-refractivity contribution >= 4 is 22.8 Å².